The summed E-state index contributed by atoms with van der Waals surface area (Å²) < 4.78 is 4.86. The van der Waals surface area contributed by atoms with E-state index in [-0.39, 0.29) is 73.7 Å². The van der Waals surface area contributed by atoms with Crippen LogP contribution >= 0.6 is 0 Å². The number of nitrogens with zero attached hydrogens (tertiary/aromatic N) is 3. The first-order chi connectivity index (χ1) is 23.9. The van der Waals surface area contributed by atoms with E-state index in [1.807, 2.05) is 6.92 Å². The molecule has 278 valence electrons. The predicted molar refractivity (Wildman–Crippen MR) is 190 cm³/mol. The van der Waals surface area contributed by atoms with Crippen molar-refractivity contribution in [2.24, 2.45) is 26.6 Å². The first-order valence-corrected chi connectivity index (χ1v) is 16.9. The van der Waals surface area contributed by atoms with Gasteiger partial charge in [-0.3, -0.25) is 28.8 Å². The summed E-state index contributed by atoms with van der Waals surface area (Å²) in [5, 5.41) is 39.1. The van der Waals surface area contributed by atoms with Crippen molar-refractivity contribution in [2.75, 3.05) is 0 Å². The summed E-state index contributed by atoms with van der Waals surface area (Å²) in [6.45, 7) is 6.81. The third-order valence-electron chi connectivity index (χ3n) is 10.1. The van der Waals surface area contributed by atoms with Crippen LogP contribution in [0.5, 0.6) is 17.2 Å². The molecule has 3 aromatic rings. The zero-order valence-electron chi connectivity index (χ0n) is 30.4. The molecule has 0 aromatic carbocycles. The van der Waals surface area contributed by atoms with Crippen LogP contribution in [0.4, 0.5) is 0 Å². The van der Waals surface area contributed by atoms with Gasteiger partial charge in [0.1, 0.15) is 0 Å². The Morgan fingerprint density at radius 1 is 0.569 bits per heavy atom. The average molecular weight is 711 g/mol. The SMILES string of the molecule is CCC(CCC(=O)NCc1c(O)c(=O)cc(C)n1C)(CCC(=O)NCc1c(O)c(=O)cc(C)n1C)CCC(=O)NCc1c(O)c(=O)cc(C)n1C. The van der Waals surface area contributed by atoms with E-state index in [2.05, 4.69) is 16.0 Å². The molecule has 3 amide bonds. The monoisotopic (exact) mass is 710 g/mol. The maximum absolute atomic E-state index is 13.1. The number of pyridine rings is 3. The van der Waals surface area contributed by atoms with Gasteiger partial charge in [0.2, 0.25) is 34.0 Å². The number of amides is 3. The van der Waals surface area contributed by atoms with Crippen molar-refractivity contribution in [1.29, 1.82) is 0 Å². The van der Waals surface area contributed by atoms with Crippen LogP contribution in [0.25, 0.3) is 0 Å². The summed E-state index contributed by atoms with van der Waals surface area (Å²) in [6, 6.07) is 3.91. The van der Waals surface area contributed by atoms with Gasteiger partial charge in [-0.15, -0.1) is 0 Å². The second kappa shape index (κ2) is 17.1. The van der Waals surface area contributed by atoms with Gasteiger partial charge < -0.3 is 45.0 Å². The molecule has 0 aliphatic rings. The molecule has 0 aliphatic heterocycles. The third-order valence-corrected chi connectivity index (χ3v) is 10.1. The lowest BCUT2D eigenvalue weighted by Gasteiger charge is -2.33. The predicted octanol–water partition coefficient (Wildman–Crippen LogP) is 1.81. The van der Waals surface area contributed by atoms with Gasteiger partial charge in [0.25, 0.3) is 0 Å². The molecule has 0 saturated carbocycles. The largest absolute Gasteiger partial charge is 0.503 e. The summed E-state index contributed by atoms with van der Waals surface area (Å²) in [5.74, 6) is -2.37. The Balaban J connectivity index is 1.73. The van der Waals surface area contributed by atoms with E-state index in [1.165, 1.54) is 18.2 Å². The number of aromatic hydroxyl groups is 3. The number of carbonyl (C=O) groups excluding carboxylic acids is 3. The van der Waals surface area contributed by atoms with Gasteiger partial charge in [-0.05, 0) is 45.4 Å². The molecule has 0 aliphatic carbocycles. The third kappa shape index (κ3) is 9.89. The first-order valence-electron chi connectivity index (χ1n) is 16.9. The minimum atomic E-state index is -0.638. The highest BCUT2D eigenvalue weighted by Gasteiger charge is 2.30. The van der Waals surface area contributed by atoms with Crippen molar-refractivity contribution < 1.29 is 29.7 Å². The van der Waals surface area contributed by atoms with Crippen molar-refractivity contribution in [3.63, 3.8) is 0 Å². The normalized spacial score (nSPS) is 11.4. The van der Waals surface area contributed by atoms with Crippen LogP contribution in [0, 0.1) is 26.2 Å². The van der Waals surface area contributed by atoms with Crippen molar-refractivity contribution in [2.45, 2.75) is 92.3 Å². The Kier molecular flexibility index (Phi) is 13.4. The molecule has 15 heteroatoms. The van der Waals surface area contributed by atoms with Gasteiger partial charge in [-0.1, -0.05) is 13.3 Å². The summed E-state index contributed by atoms with van der Waals surface area (Å²) in [7, 11) is 5.02. The van der Waals surface area contributed by atoms with E-state index >= 15 is 0 Å². The molecule has 3 heterocycles. The lowest BCUT2D eigenvalue weighted by Crippen LogP contribution is -2.32. The topological polar surface area (TPSA) is 214 Å². The number of nitrogens with one attached hydrogen (secondary N) is 3. The maximum atomic E-state index is 13.1. The molecular weight excluding hydrogens is 660 g/mol. The number of carbonyl (C=O) groups is 3. The maximum Gasteiger partial charge on any atom is 0.223 e. The van der Waals surface area contributed by atoms with Crippen molar-refractivity contribution in [3.8, 4) is 17.2 Å². The van der Waals surface area contributed by atoms with Gasteiger partial charge in [-0.2, -0.15) is 0 Å². The second-order valence-corrected chi connectivity index (χ2v) is 13.2. The number of hydrogen-bond acceptors (Lipinski definition) is 9. The molecule has 0 fully saturated rings. The van der Waals surface area contributed by atoms with Crippen LogP contribution in [0.15, 0.2) is 32.6 Å². The standard InChI is InChI=1S/C36H50N6O9/c1-8-36(12-9-30(46)37-18-24-33(49)27(43)15-21(2)40(24)5,13-10-31(47)38-19-25-34(50)28(44)16-22(3)41(25)6)14-11-32(48)39-20-26-35(51)29(45)17-23(4)42(26)7/h15-17,49-51H,8-14,18-20H2,1-7H3,(H,37,46)(H,38,47)(H,39,48). The molecular formula is C36H50N6O9. The fourth-order valence-electron chi connectivity index (χ4n) is 6.07. The molecule has 3 rings (SSSR count). The van der Waals surface area contributed by atoms with Crippen molar-refractivity contribution in [3.05, 3.63) is 83.0 Å². The number of hydrogen-bond donors (Lipinski definition) is 6. The van der Waals surface area contributed by atoms with Gasteiger partial charge in [0.05, 0.1) is 36.7 Å². The van der Waals surface area contributed by atoms with Crippen molar-refractivity contribution >= 4 is 17.7 Å². The van der Waals surface area contributed by atoms with Gasteiger partial charge in [0.15, 0.2) is 17.2 Å². The summed E-state index contributed by atoms with van der Waals surface area (Å²) in [4.78, 5) is 75.5. The highest BCUT2D eigenvalue weighted by Crippen LogP contribution is 2.38. The molecule has 0 radical (unpaired) electrons. The fraction of sp³-hybridized carbons (Fsp3) is 0.500. The highest BCUT2D eigenvalue weighted by atomic mass is 16.3. The summed E-state index contributed by atoms with van der Waals surface area (Å²) in [6.07, 6.45) is 1.58. The van der Waals surface area contributed by atoms with E-state index in [0.29, 0.717) is 42.8 Å². The summed E-state index contributed by atoms with van der Waals surface area (Å²) >= 11 is 0. The van der Waals surface area contributed by atoms with E-state index in [9.17, 15) is 44.1 Å². The van der Waals surface area contributed by atoms with Crippen LogP contribution < -0.4 is 32.2 Å². The lowest BCUT2D eigenvalue weighted by atomic mass is 9.73. The minimum Gasteiger partial charge on any atom is -0.503 e. The Morgan fingerprint density at radius 2 is 0.824 bits per heavy atom. The van der Waals surface area contributed by atoms with Crippen LogP contribution in [0.2, 0.25) is 0 Å². The van der Waals surface area contributed by atoms with E-state index in [1.54, 1.807) is 55.6 Å². The Bertz CT molecular complexity index is 1760. The van der Waals surface area contributed by atoms with Gasteiger partial charge >= 0.3 is 0 Å². The number of aryl methyl sites for hydroxylation is 3. The first kappa shape index (κ1) is 40.1. The Morgan fingerprint density at radius 3 is 1.06 bits per heavy atom. The molecule has 0 unspecified atom stereocenters. The minimum absolute atomic E-state index is 0.0379. The molecule has 6 N–H and O–H groups in total. The quantitative estimate of drug-likeness (QED) is 0.128. The lowest BCUT2D eigenvalue weighted by molar-refractivity contribution is -0.122. The molecule has 0 bridgehead atoms. The van der Waals surface area contributed by atoms with E-state index in [0.717, 1.165) is 0 Å². The molecule has 0 saturated heterocycles. The zero-order valence-corrected chi connectivity index (χ0v) is 30.4. The van der Waals surface area contributed by atoms with E-state index < -0.39 is 38.9 Å². The molecule has 15 nitrogen and oxygen atoms in total. The average Bonchev–Trinajstić information content (AvgIpc) is 3.08. The molecule has 51 heavy (non-hydrogen) atoms. The fourth-order valence-corrected chi connectivity index (χ4v) is 6.07. The highest BCUT2D eigenvalue weighted by molar-refractivity contribution is 5.77. The number of rotatable bonds is 16. The summed E-state index contributed by atoms with van der Waals surface area (Å²) in [5.41, 5.74) is 0.354. The van der Waals surface area contributed by atoms with Crippen molar-refractivity contribution in [1.82, 2.24) is 29.7 Å². The van der Waals surface area contributed by atoms with Gasteiger partial charge in [0, 0.05) is 75.7 Å². The van der Waals surface area contributed by atoms with Crippen LogP contribution in [0.3, 0.4) is 0 Å². The second-order valence-electron chi connectivity index (χ2n) is 13.2. The van der Waals surface area contributed by atoms with Crippen LogP contribution in [-0.4, -0.2) is 46.7 Å². The molecule has 0 spiro atoms. The Labute approximate surface area is 295 Å². The smallest absolute Gasteiger partial charge is 0.223 e. The number of aromatic nitrogens is 3. The van der Waals surface area contributed by atoms with Crippen LogP contribution in [-0.2, 0) is 55.2 Å². The Hall–Kier alpha value is -5.34. The van der Waals surface area contributed by atoms with Crippen LogP contribution in [0.1, 0.15) is 86.0 Å². The van der Waals surface area contributed by atoms with Gasteiger partial charge in [-0.25, -0.2) is 0 Å². The molecule has 3 aromatic heterocycles. The van der Waals surface area contributed by atoms with E-state index in [4.69, 9.17) is 0 Å². The zero-order chi connectivity index (χ0) is 38.2. The molecule has 0 atom stereocenters.